The molecule has 0 spiro atoms. The van der Waals surface area contributed by atoms with Crippen LogP contribution in [0.5, 0.6) is 0 Å². The number of hydrogen-bond donors (Lipinski definition) is 3. The molecular weight excluding hydrogens is 332 g/mol. The van der Waals surface area contributed by atoms with Gasteiger partial charge in [-0.3, -0.25) is 4.72 Å². The number of aryl methyl sites for hydroxylation is 2. The lowest BCUT2D eigenvalue weighted by atomic mass is 10.0. The maximum atomic E-state index is 12.2. The number of hydrogen-bond acceptors (Lipinski definition) is 4. The minimum absolute atomic E-state index is 0.484. The lowest BCUT2D eigenvalue weighted by Crippen LogP contribution is -2.30. The molecule has 23 heavy (non-hydrogen) atoms. The van der Waals surface area contributed by atoms with Crippen molar-refractivity contribution in [3.63, 3.8) is 0 Å². The van der Waals surface area contributed by atoms with Crippen LogP contribution in [0.15, 0.2) is 33.9 Å². The lowest BCUT2D eigenvalue weighted by Gasteiger charge is -2.14. The van der Waals surface area contributed by atoms with Gasteiger partial charge in [-0.25, -0.2) is 9.00 Å². The van der Waals surface area contributed by atoms with Crippen molar-refractivity contribution >= 4 is 34.0 Å². The van der Waals surface area contributed by atoms with E-state index in [0.717, 1.165) is 11.1 Å². The average molecular weight is 352 g/mol. The Bertz CT molecular complexity index is 728. The van der Waals surface area contributed by atoms with Gasteiger partial charge in [0, 0.05) is 5.69 Å². The maximum Gasteiger partial charge on any atom is 0.331 e. The van der Waals surface area contributed by atoms with E-state index in [-0.39, 0.29) is 0 Å². The lowest BCUT2D eigenvalue weighted by molar-refractivity contribution is 0.0789. The van der Waals surface area contributed by atoms with E-state index in [1.54, 1.807) is 25.3 Å². The third-order valence-corrected chi connectivity index (χ3v) is 5.45. The third kappa shape index (κ3) is 4.89. The maximum absolute atomic E-state index is 12.2. The number of anilines is 1. The first-order chi connectivity index (χ1) is 10.6. The van der Waals surface area contributed by atoms with Gasteiger partial charge in [-0.1, -0.05) is 6.07 Å². The number of carbonyl (C=O) groups is 1. The number of amides is 2. The molecule has 7 heteroatoms. The minimum Gasteiger partial charge on any atom is -0.386 e. The van der Waals surface area contributed by atoms with Crippen LogP contribution in [0.4, 0.5) is 10.5 Å². The van der Waals surface area contributed by atoms with Crippen LogP contribution >= 0.6 is 11.3 Å². The molecule has 0 aliphatic heterocycles. The number of rotatable bonds is 4. The first-order valence-corrected chi connectivity index (χ1v) is 9.07. The van der Waals surface area contributed by atoms with E-state index < -0.39 is 22.6 Å². The highest BCUT2D eigenvalue weighted by atomic mass is 32.2. The molecule has 0 bridgehead atoms. The Morgan fingerprint density at radius 3 is 2.30 bits per heavy atom. The van der Waals surface area contributed by atoms with Crippen molar-refractivity contribution in [2.75, 3.05) is 5.32 Å². The van der Waals surface area contributed by atoms with Crippen molar-refractivity contribution in [2.24, 2.45) is 0 Å². The van der Waals surface area contributed by atoms with Gasteiger partial charge in [0.05, 0.1) is 5.60 Å². The number of aliphatic hydroxyl groups is 1. The highest BCUT2D eigenvalue weighted by Gasteiger charge is 2.20. The van der Waals surface area contributed by atoms with E-state index in [0.29, 0.717) is 15.5 Å². The van der Waals surface area contributed by atoms with E-state index in [9.17, 15) is 14.1 Å². The smallest absolute Gasteiger partial charge is 0.331 e. The Kier molecular flexibility index (Phi) is 5.23. The minimum atomic E-state index is -1.67. The van der Waals surface area contributed by atoms with E-state index in [1.165, 1.54) is 11.3 Å². The molecule has 1 heterocycles. The highest BCUT2D eigenvalue weighted by Crippen LogP contribution is 2.26. The molecule has 0 aliphatic rings. The van der Waals surface area contributed by atoms with Crippen LogP contribution in [0, 0.1) is 13.8 Å². The summed E-state index contributed by atoms with van der Waals surface area (Å²) in [7, 11) is -1.67. The Morgan fingerprint density at radius 2 is 1.78 bits per heavy atom. The largest absolute Gasteiger partial charge is 0.386 e. The van der Waals surface area contributed by atoms with Gasteiger partial charge in [-0.2, -0.15) is 0 Å². The Balaban J connectivity index is 2.02. The monoisotopic (exact) mass is 352 g/mol. The van der Waals surface area contributed by atoms with Gasteiger partial charge < -0.3 is 10.4 Å². The van der Waals surface area contributed by atoms with E-state index in [1.807, 2.05) is 32.0 Å². The summed E-state index contributed by atoms with van der Waals surface area (Å²) in [5.74, 6) is 0. The van der Waals surface area contributed by atoms with Crippen LogP contribution in [0.2, 0.25) is 0 Å². The van der Waals surface area contributed by atoms with Crippen LogP contribution in [-0.2, 0) is 16.6 Å². The first-order valence-electron chi connectivity index (χ1n) is 7.04. The summed E-state index contributed by atoms with van der Waals surface area (Å²) in [5.41, 5.74) is 2.40. The van der Waals surface area contributed by atoms with Crippen LogP contribution in [0.25, 0.3) is 0 Å². The van der Waals surface area contributed by atoms with Crippen LogP contribution in [0.1, 0.15) is 30.5 Å². The van der Waals surface area contributed by atoms with Crippen LogP contribution in [0.3, 0.4) is 0 Å². The Hall–Kier alpha value is -1.70. The molecule has 1 unspecified atom stereocenters. The molecular formula is C16H20N2O3S2. The van der Waals surface area contributed by atoms with Crippen LogP contribution < -0.4 is 10.0 Å². The van der Waals surface area contributed by atoms with Gasteiger partial charge in [-0.15, -0.1) is 11.3 Å². The quantitative estimate of drug-likeness (QED) is 0.789. The molecule has 2 aromatic rings. The van der Waals surface area contributed by atoms with Gasteiger partial charge in [0.1, 0.15) is 4.21 Å². The number of nitrogens with one attached hydrogen (secondary N) is 2. The predicted octanol–water partition coefficient (Wildman–Crippen LogP) is 3.44. The van der Waals surface area contributed by atoms with Crippen molar-refractivity contribution in [2.45, 2.75) is 37.5 Å². The average Bonchev–Trinajstić information content (AvgIpc) is 2.86. The number of benzene rings is 1. The van der Waals surface area contributed by atoms with Crippen LogP contribution in [-0.4, -0.2) is 15.3 Å². The summed E-state index contributed by atoms with van der Waals surface area (Å²) in [5, 5.41) is 14.3. The summed E-state index contributed by atoms with van der Waals surface area (Å²) in [4.78, 5) is 12.0. The standard InChI is InChI=1S/C16H20N2O3S2/c1-10-5-11(2)7-13(6-10)17-15(19)18-23(21)14-8-12(9-22-14)16(3,4)20/h5-9,20H,1-4H3,(H2,17,18,19). The molecule has 2 amide bonds. The number of carbonyl (C=O) groups excluding carboxylic acids is 1. The molecule has 1 aromatic heterocycles. The summed E-state index contributed by atoms with van der Waals surface area (Å²) >= 11 is 1.24. The summed E-state index contributed by atoms with van der Waals surface area (Å²) in [6.07, 6.45) is 0. The first kappa shape index (κ1) is 17.7. The molecule has 0 aliphatic carbocycles. The molecule has 1 aromatic carbocycles. The Labute approximate surface area is 142 Å². The predicted molar refractivity (Wildman–Crippen MR) is 94.0 cm³/mol. The second-order valence-corrected chi connectivity index (χ2v) is 8.27. The molecule has 0 saturated heterocycles. The highest BCUT2D eigenvalue weighted by molar-refractivity contribution is 7.86. The zero-order valence-corrected chi connectivity index (χ0v) is 15.1. The fourth-order valence-electron chi connectivity index (χ4n) is 2.07. The van der Waals surface area contributed by atoms with Gasteiger partial charge in [0.2, 0.25) is 0 Å². The number of urea groups is 1. The van der Waals surface area contributed by atoms with Gasteiger partial charge in [-0.05, 0) is 68.0 Å². The van der Waals surface area contributed by atoms with E-state index in [2.05, 4.69) is 10.0 Å². The summed E-state index contributed by atoms with van der Waals surface area (Å²) in [6.45, 7) is 7.19. The van der Waals surface area contributed by atoms with Gasteiger partial charge >= 0.3 is 6.03 Å². The second kappa shape index (κ2) is 6.82. The zero-order chi connectivity index (χ0) is 17.2. The van der Waals surface area contributed by atoms with Crippen molar-refractivity contribution < 1.29 is 14.1 Å². The SMILES string of the molecule is Cc1cc(C)cc(NC(=O)NS(=O)c2cc(C(C)(C)O)cs2)c1. The molecule has 5 nitrogen and oxygen atoms in total. The normalized spacial score (nSPS) is 12.7. The van der Waals surface area contributed by atoms with E-state index in [4.69, 9.17) is 0 Å². The molecule has 3 N–H and O–H groups in total. The second-order valence-electron chi connectivity index (χ2n) is 5.91. The molecule has 124 valence electrons. The third-order valence-electron chi connectivity index (χ3n) is 3.13. The summed E-state index contributed by atoms with van der Waals surface area (Å²) in [6, 6.07) is 6.79. The Morgan fingerprint density at radius 1 is 1.17 bits per heavy atom. The van der Waals surface area contributed by atoms with Gasteiger partial charge in [0.25, 0.3) is 0 Å². The molecule has 2 rings (SSSR count). The fraction of sp³-hybridized carbons (Fsp3) is 0.312. The summed E-state index contributed by atoms with van der Waals surface area (Å²) < 4.78 is 15.1. The molecule has 0 fully saturated rings. The van der Waals surface area contributed by atoms with Crippen molar-refractivity contribution in [1.82, 2.24) is 4.72 Å². The van der Waals surface area contributed by atoms with Crippen molar-refractivity contribution in [3.8, 4) is 0 Å². The number of thiophene rings is 1. The topological polar surface area (TPSA) is 78.4 Å². The molecule has 0 radical (unpaired) electrons. The fourth-order valence-corrected chi connectivity index (χ4v) is 4.04. The van der Waals surface area contributed by atoms with Gasteiger partial charge in [0.15, 0.2) is 11.0 Å². The molecule has 1 atom stereocenters. The zero-order valence-electron chi connectivity index (χ0n) is 13.5. The molecule has 0 saturated carbocycles. The van der Waals surface area contributed by atoms with Crippen molar-refractivity contribution in [3.05, 3.63) is 46.3 Å². The van der Waals surface area contributed by atoms with Crippen molar-refractivity contribution in [1.29, 1.82) is 0 Å². The van der Waals surface area contributed by atoms with E-state index >= 15 is 0 Å².